The van der Waals surface area contributed by atoms with Crippen LogP contribution in [0, 0.1) is 3.57 Å². The summed E-state index contributed by atoms with van der Waals surface area (Å²) >= 11 is 2.16. The Morgan fingerprint density at radius 2 is 1.88 bits per heavy atom. The number of hydrogen-bond donors (Lipinski definition) is 2. The van der Waals surface area contributed by atoms with Gasteiger partial charge in [-0.25, -0.2) is 5.01 Å². The maximum absolute atomic E-state index is 13.8. The first kappa shape index (κ1) is 25.8. The van der Waals surface area contributed by atoms with Crippen molar-refractivity contribution >= 4 is 40.1 Å². The molecule has 0 spiro atoms. The predicted octanol–water partition coefficient (Wildman–Crippen LogP) is 5.52. The molecule has 2 N–H and O–H groups in total. The van der Waals surface area contributed by atoms with E-state index in [9.17, 15) is 9.59 Å². The van der Waals surface area contributed by atoms with Crippen LogP contribution in [-0.2, 0) is 6.61 Å². The highest BCUT2D eigenvalue weighted by Gasteiger charge is 2.36. The van der Waals surface area contributed by atoms with Gasteiger partial charge in [0.05, 0.1) is 12.7 Å². The summed E-state index contributed by atoms with van der Waals surface area (Å²) in [4.78, 5) is 27.2. The molecule has 0 aromatic heterocycles. The summed E-state index contributed by atoms with van der Waals surface area (Å²) in [5.41, 5.74) is 5.85. The topological polar surface area (TPSA) is 98.4 Å². The van der Waals surface area contributed by atoms with Crippen molar-refractivity contribution in [1.82, 2.24) is 10.4 Å². The van der Waals surface area contributed by atoms with Gasteiger partial charge in [-0.1, -0.05) is 30.3 Å². The molecule has 9 nitrogen and oxygen atoms in total. The Morgan fingerprint density at radius 1 is 1.02 bits per heavy atom. The number of rotatable bonds is 7. The summed E-state index contributed by atoms with van der Waals surface area (Å²) in [5, 5.41) is 4.72. The van der Waals surface area contributed by atoms with Crippen molar-refractivity contribution < 1.29 is 28.5 Å². The predicted molar refractivity (Wildman–Crippen MR) is 155 cm³/mol. The average Bonchev–Trinajstić information content (AvgIpc) is 3.46. The number of methoxy groups -OCH3 is 1. The lowest BCUT2D eigenvalue weighted by Gasteiger charge is -2.38. The zero-order valence-electron chi connectivity index (χ0n) is 21.3. The molecular formula is C30H24IN3O6. The third-order valence-corrected chi connectivity index (χ3v) is 7.25. The molecule has 0 saturated heterocycles. The van der Waals surface area contributed by atoms with Crippen LogP contribution in [0.15, 0.2) is 84.9 Å². The molecule has 2 aliphatic heterocycles. The molecule has 4 aromatic carbocycles. The first-order valence-corrected chi connectivity index (χ1v) is 13.5. The van der Waals surface area contributed by atoms with Gasteiger partial charge in [-0.15, -0.1) is 0 Å². The minimum atomic E-state index is -0.750. The van der Waals surface area contributed by atoms with Crippen molar-refractivity contribution in [2.24, 2.45) is 0 Å². The van der Waals surface area contributed by atoms with Crippen molar-refractivity contribution in [3.63, 3.8) is 0 Å². The number of nitrogens with one attached hydrogen (secondary N) is 2. The Kier molecular flexibility index (Phi) is 7.08. The summed E-state index contributed by atoms with van der Waals surface area (Å²) in [5.74, 6) is 1.51. The van der Waals surface area contributed by atoms with E-state index in [2.05, 4.69) is 33.3 Å². The van der Waals surface area contributed by atoms with Crippen molar-refractivity contribution in [3.05, 3.63) is 111 Å². The number of hydrogen-bond acceptors (Lipinski definition) is 7. The van der Waals surface area contributed by atoms with E-state index >= 15 is 0 Å². The van der Waals surface area contributed by atoms with Crippen molar-refractivity contribution in [1.29, 1.82) is 0 Å². The van der Waals surface area contributed by atoms with Crippen LogP contribution in [0.5, 0.6) is 23.0 Å². The Labute approximate surface area is 244 Å². The van der Waals surface area contributed by atoms with E-state index in [1.807, 2.05) is 60.7 Å². The first-order chi connectivity index (χ1) is 19.5. The third-order valence-electron chi connectivity index (χ3n) is 6.58. The van der Waals surface area contributed by atoms with Gasteiger partial charge in [0.1, 0.15) is 18.1 Å². The maximum Gasteiger partial charge on any atom is 0.276 e. The minimum Gasteiger partial charge on any atom is -0.497 e. The van der Waals surface area contributed by atoms with Gasteiger partial charge >= 0.3 is 0 Å². The zero-order chi connectivity index (χ0) is 27.6. The Balaban J connectivity index is 1.33. The lowest BCUT2D eigenvalue weighted by molar-refractivity contribution is 0.0487. The van der Waals surface area contributed by atoms with Gasteiger partial charge in [-0.2, -0.15) is 0 Å². The second-order valence-electron chi connectivity index (χ2n) is 9.10. The molecule has 4 aromatic rings. The van der Waals surface area contributed by atoms with E-state index in [-0.39, 0.29) is 19.3 Å². The average molecular weight is 649 g/mol. The van der Waals surface area contributed by atoms with E-state index in [0.717, 1.165) is 14.9 Å². The van der Waals surface area contributed by atoms with Crippen LogP contribution in [0.2, 0.25) is 0 Å². The van der Waals surface area contributed by atoms with Crippen LogP contribution in [-0.4, -0.2) is 30.7 Å². The van der Waals surface area contributed by atoms with Crippen LogP contribution in [0.4, 0.5) is 5.69 Å². The Morgan fingerprint density at radius 3 is 2.75 bits per heavy atom. The van der Waals surface area contributed by atoms with Crippen molar-refractivity contribution in [2.75, 3.05) is 19.2 Å². The minimum absolute atomic E-state index is 0.0962. The monoisotopic (exact) mass is 649 g/mol. The molecule has 0 radical (unpaired) electrons. The van der Waals surface area contributed by atoms with E-state index in [4.69, 9.17) is 18.9 Å². The molecule has 0 saturated carbocycles. The van der Waals surface area contributed by atoms with E-state index in [1.165, 1.54) is 5.01 Å². The highest BCUT2D eigenvalue weighted by Crippen LogP contribution is 2.37. The van der Waals surface area contributed by atoms with Gasteiger partial charge in [-0.3, -0.25) is 15.0 Å². The number of hydrazine groups is 1. The maximum atomic E-state index is 13.8. The van der Waals surface area contributed by atoms with Crippen LogP contribution in [0.25, 0.3) is 0 Å². The lowest BCUT2D eigenvalue weighted by Crippen LogP contribution is -2.53. The number of fused-ring (bicyclic) bond motifs is 2. The molecule has 0 fully saturated rings. The number of carbonyl (C=O) groups is 2. The van der Waals surface area contributed by atoms with Gasteiger partial charge in [0.15, 0.2) is 17.7 Å². The zero-order valence-corrected chi connectivity index (χ0v) is 23.5. The normalized spacial score (nSPS) is 15.2. The van der Waals surface area contributed by atoms with Crippen LogP contribution < -0.4 is 29.7 Å². The fraction of sp³-hybridized carbons (Fsp3) is 0.133. The lowest BCUT2D eigenvalue weighted by atomic mass is 10.0. The molecule has 2 aliphatic rings. The molecule has 10 heteroatoms. The van der Waals surface area contributed by atoms with Crippen LogP contribution >= 0.6 is 22.6 Å². The molecule has 40 heavy (non-hydrogen) atoms. The molecule has 6 rings (SSSR count). The highest BCUT2D eigenvalue weighted by atomic mass is 127. The number of benzene rings is 4. The Hall–Kier alpha value is -4.45. The fourth-order valence-electron chi connectivity index (χ4n) is 4.58. The molecule has 1 atom stereocenters. The number of halogens is 1. The quantitative estimate of drug-likeness (QED) is 0.255. The van der Waals surface area contributed by atoms with E-state index < -0.39 is 12.1 Å². The molecule has 2 heterocycles. The molecule has 0 unspecified atom stereocenters. The van der Waals surface area contributed by atoms with Crippen LogP contribution in [0.1, 0.15) is 38.0 Å². The number of nitrogens with zero attached hydrogens (tertiary/aromatic N) is 1. The number of carbonyl (C=O) groups excluding carboxylic acids is 2. The molecular weight excluding hydrogens is 625 g/mol. The van der Waals surface area contributed by atoms with Crippen molar-refractivity contribution in [2.45, 2.75) is 12.8 Å². The molecule has 2 amide bonds. The van der Waals surface area contributed by atoms with Gasteiger partial charge < -0.3 is 24.3 Å². The summed E-state index contributed by atoms with van der Waals surface area (Å²) in [6.45, 7) is 0.381. The standard InChI is InChI=1S/C30H24IN3O6/c1-37-21-6-4-5-18(13-21)16-38-25-8-3-2-7-22(25)28-32-24-11-10-20(31)15-23(24)30(36)34(28)33-29(35)19-9-12-26-27(14-19)40-17-39-26/h2-15,28,32H,16-17H2,1H3,(H,33,35)/t28-/m1/s1. The molecule has 0 bridgehead atoms. The second-order valence-corrected chi connectivity index (χ2v) is 10.3. The highest BCUT2D eigenvalue weighted by molar-refractivity contribution is 14.1. The van der Waals surface area contributed by atoms with Gasteiger partial charge in [-0.05, 0) is 82.8 Å². The van der Waals surface area contributed by atoms with E-state index in [0.29, 0.717) is 39.6 Å². The fourth-order valence-corrected chi connectivity index (χ4v) is 5.07. The smallest absolute Gasteiger partial charge is 0.276 e. The van der Waals surface area contributed by atoms with Gasteiger partial charge in [0.2, 0.25) is 6.79 Å². The van der Waals surface area contributed by atoms with Gasteiger partial charge in [0, 0.05) is 20.4 Å². The molecule has 0 aliphatic carbocycles. The summed E-state index contributed by atoms with van der Waals surface area (Å²) in [6, 6.07) is 25.5. The number of anilines is 1. The summed E-state index contributed by atoms with van der Waals surface area (Å²) in [6.07, 6.45) is -0.750. The number of para-hydroxylation sites is 1. The summed E-state index contributed by atoms with van der Waals surface area (Å²) < 4.78 is 23.2. The second kappa shape index (κ2) is 11.0. The summed E-state index contributed by atoms with van der Waals surface area (Å²) in [7, 11) is 1.62. The van der Waals surface area contributed by atoms with Crippen LogP contribution in [0.3, 0.4) is 0 Å². The Bertz CT molecular complexity index is 1610. The third kappa shape index (κ3) is 5.09. The van der Waals surface area contributed by atoms with E-state index in [1.54, 1.807) is 31.4 Å². The first-order valence-electron chi connectivity index (χ1n) is 12.4. The number of ether oxygens (including phenoxy) is 4. The SMILES string of the molecule is COc1cccc(COc2ccccc2[C@@H]2Nc3ccc(I)cc3C(=O)N2NC(=O)c2ccc3c(c2)OCO3)c1. The number of amides is 2. The largest absolute Gasteiger partial charge is 0.497 e. The van der Waals surface area contributed by atoms with Gasteiger partial charge in [0.25, 0.3) is 11.8 Å². The van der Waals surface area contributed by atoms with Crippen molar-refractivity contribution in [3.8, 4) is 23.0 Å². The molecule has 202 valence electrons.